The van der Waals surface area contributed by atoms with Crippen molar-refractivity contribution in [2.24, 2.45) is 0 Å². The second kappa shape index (κ2) is 4.49. The molecular formula is C9H7Cl2FO. The molecule has 0 saturated carbocycles. The molecule has 1 aromatic rings. The SMILES string of the molecule is C=CCOc1cc(Cl)c(F)c(Cl)c1. The van der Waals surface area contributed by atoms with Crippen LogP contribution in [-0.2, 0) is 0 Å². The van der Waals surface area contributed by atoms with Gasteiger partial charge in [0.15, 0.2) is 5.82 Å². The molecule has 0 aliphatic rings. The normalized spacial score (nSPS) is 9.77. The van der Waals surface area contributed by atoms with Crippen LogP contribution in [0.2, 0.25) is 10.0 Å². The molecule has 0 saturated heterocycles. The summed E-state index contributed by atoms with van der Waals surface area (Å²) in [6.45, 7) is 3.80. The maximum atomic E-state index is 12.9. The van der Waals surface area contributed by atoms with Crippen LogP contribution in [0.5, 0.6) is 5.75 Å². The number of hydrogen-bond acceptors (Lipinski definition) is 1. The van der Waals surface area contributed by atoms with E-state index in [0.717, 1.165) is 0 Å². The lowest BCUT2D eigenvalue weighted by atomic mass is 10.3. The van der Waals surface area contributed by atoms with Gasteiger partial charge in [-0.05, 0) is 0 Å². The van der Waals surface area contributed by atoms with E-state index in [9.17, 15) is 4.39 Å². The first kappa shape index (κ1) is 10.4. The van der Waals surface area contributed by atoms with E-state index in [2.05, 4.69) is 6.58 Å². The number of halogens is 3. The Morgan fingerprint density at radius 1 is 1.38 bits per heavy atom. The fourth-order valence-electron chi connectivity index (χ4n) is 0.771. The standard InChI is InChI=1S/C9H7Cl2FO/c1-2-3-13-6-4-7(10)9(12)8(11)5-6/h2,4-5H,1,3H2. The molecule has 0 amide bonds. The summed E-state index contributed by atoms with van der Waals surface area (Å²) in [6, 6.07) is 2.73. The van der Waals surface area contributed by atoms with Crippen LogP contribution in [-0.4, -0.2) is 6.61 Å². The van der Waals surface area contributed by atoms with E-state index in [-0.39, 0.29) is 10.0 Å². The van der Waals surface area contributed by atoms with Crippen molar-refractivity contribution in [3.63, 3.8) is 0 Å². The zero-order valence-electron chi connectivity index (χ0n) is 6.69. The Kier molecular flexibility index (Phi) is 3.58. The van der Waals surface area contributed by atoms with Gasteiger partial charge in [0.2, 0.25) is 0 Å². The second-order valence-electron chi connectivity index (χ2n) is 2.30. The van der Waals surface area contributed by atoms with Gasteiger partial charge in [-0.3, -0.25) is 0 Å². The quantitative estimate of drug-likeness (QED) is 0.558. The summed E-state index contributed by atoms with van der Waals surface area (Å²) in [5.41, 5.74) is 0. The zero-order chi connectivity index (χ0) is 9.84. The molecule has 0 N–H and O–H groups in total. The molecule has 0 unspecified atom stereocenters. The van der Waals surface area contributed by atoms with Gasteiger partial charge in [0.1, 0.15) is 12.4 Å². The van der Waals surface area contributed by atoms with Gasteiger partial charge >= 0.3 is 0 Å². The molecule has 0 radical (unpaired) electrons. The minimum atomic E-state index is -0.630. The first-order valence-electron chi connectivity index (χ1n) is 3.53. The molecule has 0 aliphatic heterocycles. The summed E-state index contributed by atoms with van der Waals surface area (Å²) in [6.07, 6.45) is 1.57. The summed E-state index contributed by atoms with van der Waals surface area (Å²) < 4.78 is 18.0. The van der Waals surface area contributed by atoms with E-state index in [1.54, 1.807) is 6.08 Å². The fraction of sp³-hybridized carbons (Fsp3) is 0.111. The molecule has 1 nitrogen and oxygen atoms in total. The highest BCUT2D eigenvalue weighted by Gasteiger charge is 2.07. The monoisotopic (exact) mass is 220 g/mol. The number of ether oxygens (including phenoxy) is 1. The number of benzene rings is 1. The molecule has 4 heteroatoms. The molecule has 0 fully saturated rings. The molecule has 0 spiro atoms. The molecule has 1 aromatic carbocycles. The maximum absolute atomic E-state index is 12.9. The Balaban J connectivity index is 2.92. The average Bonchev–Trinajstić information content (AvgIpc) is 2.10. The molecule has 0 aliphatic carbocycles. The Bertz CT molecular complexity index is 302. The van der Waals surface area contributed by atoms with Crippen molar-refractivity contribution in [1.82, 2.24) is 0 Å². The van der Waals surface area contributed by atoms with Crippen LogP contribution in [0.3, 0.4) is 0 Å². The lowest BCUT2D eigenvalue weighted by Gasteiger charge is -2.04. The second-order valence-corrected chi connectivity index (χ2v) is 3.11. The summed E-state index contributed by atoms with van der Waals surface area (Å²) >= 11 is 11.1. The van der Waals surface area contributed by atoms with Crippen LogP contribution in [0.15, 0.2) is 24.8 Å². The van der Waals surface area contributed by atoms with Gasteiger partial charge < -0.3 is 4.74 Å². The summed E-state index contributed by atoms with van der Waals surface area (Å²) in [5.74, 6) is -0.203. The fourth-order valence-corrected chi connectivity index (χ4v) is 1.24. The Morgan fingerprint density at radius 3 is 2.38 bits per heavy atom. The average molecular weight is 221 g/mol. The van der Waals surface area contributed by atoms with Crippen molar-refractivity contribution in [2.75, 3.05) is 6.61 Å². The molecule has 70 valence electrons. The van der Waals surface area contributed by atoms with Gasteiger partial charge in [0.25, 0.3) is 0 Å². The summed E-state index contributed by atoms with van der Waals surface area (Å²) in [4.78, 5) is 0. The summed E-state index contributed by atoms with van der Waals surface area (Å²) in [5, 5.41) is -0.0990. The minimum Gasteiger partial charge on any atom is -0.489 e. The zero-order valence-corrected chi connectivity index (χ0v) is 8.20. The van der Waals surface area contributed by atoms with Crippen molar-refractivity contribution in [2.45, 2.75) is 0 Å². The largest absolute Gasteiger partial charge is 0.489 e. The smallest absolute Gasteiger partial charge is 0.160 e. The number of rotatable bonds is 3. The lowest BCUT2D eigenvalue weighted by molar-refractivity contribution is 0.362. The van der Waals surface area contributed by atoms with Crippen LogP contribution in [0.4, 0.5) is 4.39 Å². The highest BCUT2D eigenvalue weighted by Crippen LogP contribution is 2.28. The van der Waals surface area contributed by atoms with E-state index in [1.807, 2.05) is 0 Å². The molecule has 13 heavy (non-hydrogen) atoms. The van der Waals surface area contributed by atoms with E-state index >= 15 is 0 Å². The van der Waals surface area contributed by atoms with E-state index in [4.69, 9.17) is 27.9 Å². The Labute approximate surface area is 85.7 Å². The van der Waals surface area contributed by atoms with E-state index in [0.29, 0.717) is 12.4 Å². The molecule has 0 atom stereocenters. The van der Waals surface area contributed by atoms with Crippen molar-refractivity contribution < 1.29 is 9.13 Å². The number of hydrogen-bond donors (Lipinski definition) is 0. The van der Waals surface area contributed by atoms with Crippen molar-refractivity contribution in [3.8, 4) is 5.75 Å². The van der Waals surface area contributed by atoms with E-state index in [1.165, 1.54) is 12.1 Å². The third kappa shape index (κ3) is 2.61. The third-order valence-electron chi connectivity index (χ3n) is 1.33. The van der Waals surface area contributed by atoms with Crippen LogP contribution >= 0.6 is 23.2 Å². The Hall–Kier alpha value is -0.730. The predicted molar refractivity (Wildman–Crippen MR) is 52.1 cm³/mol. The van der Waals surface area contributed by atoms with Gasteiger partial charge in [0.05, 0.1) is 10.0 Å². The van der Waals surface area contributed by atoms with Gasteiger partial charge in [-0.25, -0.2) is 4.39 Å². The molecular weight excluding hydrogens is 214 g/mol. The predicted octanol–water partition coefficient (Wildman–Crippen LogP) is 3.70. The van der Waals surface area contributed by atoms with Gasteiger partial charge in [0, 0.05) is 12.1 Å². The van der Waals surface area contributed by atoms with Crippen molar-refractivity contribution >= 4 is 23.2 Å². The van der Waals surface area contributed by atoms with Crippen LogP contribution in [0, 0.1) is 5.82 Å². The van der Waals surface area contributed by atoms with Crippen LogP contribution in [0.1, 0.15) is 0 Å². The molecule has 0 heterocycles. The van der Waals surface area contributed by atoms with Crippen LogP contribution in [0.25, 0.3) is 0 Å². The highest BCUT2D eigenvalue weighted by atomic mass is 35.5. The molecule has 0 aromatic heterocycles. The van der Waals surface area contributed by atoms with Gasteiger partial charge in [-0.2, -0.15) is 0 Å². The van der Waals surface area contributed by atoms with Crippen LogP contribution < -0.4 is 4.74 Å². The minimum absolute atomic E-state index is 0.0495. The third-order valence-corrected chi connectivity index (χ3v) is 1.88. The molecule has 1 rings (SSSR count). The van der Waals surface area contributed by atoms with Crippen molar-refractivity contribution in [3.05, 3.63) is 40.7 Å². The molecule has 0 bridgehead atoms. The van der Waals surface area contributed by atoms with Gasteiger partial charge in [-0.1, -0.05) is 35.9 Å². The first-order chi connectivity index (χ1) is 6.15. The maximum Gasteiger partial charge on any atom is 0.160 e. The van der Waals surface area contributed by atoms with E-state index < -0.39 is 5.82 Å². The highest BCUT2D eigenvalue weighted by molar-refractivity contribution is 6.35. The lowest BCUT2D eigenvalue weighted by Crippen LogP contribution is -1.93. The summed E-state index contributed by atoms with van der Waals surface area (Å²) in [7, 11) is 0. The van der Waals surface area contributed by atoms with Crippen molar-refractivity contribution in [1.29, 1.82) is 0 Å². The first-order valence-corrected chi connectivity index (χ1v) is 4.29. The topological polar surface area (TPSA) is 9.23 Å². The van der Waals surface area contributed by atoms with Gasteiger partial charge in [-0.15, -0.1) is 0 Å². The Morgan fingerprint density at radius 2 is 1.92 bits per heavy atom.